The monoisotopic (exact) mass is 501 g/mol. The highest BCUT2D eigenvalue weighted by molar-refractivity contribution is 5.61. The van der Waals surface area contributed by atoms with Crippen molar-refractivity contribution in [3.05, 3.63) is 65.0 Å². The van der Waals surface area contributed by atoms with Gasteiger partial charge in [-0.25, -0.2) is 9.97 Å². The highest BCUT2D eigenvalue weighted by Gasteiger charge is 2.44. The van der Waals surface area contributed by atoms with E-state index < -0.39 is 0 Å². The van der Waals surface area contributed by atoms with Crippen LogP contribution in [0.3, 0.4) is 0 Å². The van der Waals surface area contributed by atoms with E-state index in [1.807, 2.05) is 33.0 Å². The molecule has 0 bridgehead atoms. The number of nitrogens with zero attached hydrogens (tertiary/aromatic N) is 3. The fourth-order valence-corrected chi connectivity index (χ4v) is 4.64. The van der Waals surface area contributed by atoms with Gasteiger partial charge in [0.2, 0.25) is 12.4 Å². The Bertz CT molecular complexity index is 1210. The minimum Gasteiger partial charge on any atom is -0.357 e. The summed E-state index contributed by atoms with van der Waals surface area (Å²) in [6, 6.07) is 13.0. The summed E-state index contributed by atoms with van der Waals surface area (Å²) in [7, 11) is 0. The van der Waals surface area contributed by atoms with E-state index in [1.165, 1.54) is 42.5 Å². The van der Waals surface area contributed by atoms with Gasteiger partial charge in [-0.3, -0.25) is 4.79 Å². The van der Waals surface area contributed by atoms with Gasteiger partial charge in [-0.2, -0.15) is 4.98 Å². The van der Waals surface area contributed by atoms with Gasteiger partial charge in [-0.1, -0.05) is 25.5 Å². The molecule has 0 spiro atoms. The Hall–Kier alpha value is -3.52. The van der Waals surface area contributed by atoms with Gasteiger partial charge in [0.1, 0.15) is 11.6 Å². The predicted molar refractivity (Wildman–Crippen MR) is 150 cm³/mol. The summed E-state index contributed by atoms with van der Waals surface area (Å²) in [6.07, 6.45) is 8.52. The summed E-state index contributed by atoms with van der Waals surface area (Å²) in [6.45, 7) is 10.0. The molecule has 1 saturated carbocycles. The third kappa shape index (κ3) is 7.04. The molecule has 2 aromatic heterocycles. The lowest BCUT2D eigenvalue weighted by Gasteiger charge is -2.18. The summed E-state index contributed by atoms with van der Waals surface area (Å²) in [4.78, 5) is 23.6. The van der Waals surface area contributed by atoms with Crippen molar-refractivity contribution in [2.75, 3.05) is 17.2 Å². The number of carbonyl (C=O) groups excluding carboxylic acids is 1. The second kappa shape index (κ2) is 12.1. The Balaban J connectivity index is 0.000000480. The minimum atomic E-state index is 0.280. The smallest absolute Gasteiger partial charge is 0.229 e. The molecule has 0 radical (unpaired) electrons. The molecule has 3 heterocycles. The number of nitrogens with one attached hydrogen (secondary N) is 4. The van der Waals surface area contributed by atoms with Crippen molar-refractivity contribution < 1.29 is 4.79 Å². The van der Waals surface area contributed by atoms with E-state index >= 15 is 0 Å². The molecule has 1 aromatic carbocycles. The largest absolute Gasteiger partial charge is 0.357 e. The van der Waals surface area contributed by atoms with Gasteiger partial charge in [0, 0.05) is 41.1 Å². The molecule has 0 saturated heterocycles. The van der Waals surface area contributed by atoms with Crippen molar-refractivity contribution in [3.63, 3.8) is 0 Å². The first-order chi connectivity index (χ1) is 17.9. The van der Waals surface area contributed by atoms with Crippen molar-refractivity contribution in [1.29, 1.82) is 0 Å². The van der Waals surface area contributed by atoms with Crippen LogP contribution in [0.1, 0.15) is 68.8 Å². The zero-order valence-corrected chi connectivity index (χ0v) is 22.4. The molecule has 1 aliphatic heterocycles. The first kappa shape index (κ1) is 26.5. The normalized spacial score (nSPS) is 15.2. The maximum Gasteiger partial charge on any atom is 0.229 e. The zero-order valence-electron chi connectivity index (χ0n) is 22.4. The minimum absolute atomic E-state index is 0.280. The first-order valence-electron chi connectivity index (χ1n) is 13.3. The highest BCUT2D eigenvalue weighted by atomic mass is 16.1. The molecule has 1 aliphatic carbocycles. The molecule has 0 atom stereocenters. The molecule has 1 fully saturated rings. The van der Waals surface area contributed by atoms with Gasteiger partial charge in [-0.05, 0) is 88.4 Å². The summed E-state index contributed by atoms with van der Waals surface area (Å²) in [5.74, 6) is 2.20. The van der Waals surface area contributed by atoms with Gasteiger partial charge in [-0.15, -0.1) is 0 Å². The summed E-state index contributed by atoms with van der Waals surface area (Å²) in [5, 5.41) is 12.7. The molecule has 196 valence electrons. The molecule has 4 N–H and O–H groups in total. The van der Waals surface area contributed by atoms with Gasteiger partial charge in [0.25, 0.3) is 0 Å². The average molecular weight is 502 g/mol. The zero-order chi connectivity index (χ0) is 26.3. The van der Waals surface area contributed by atoms with E-state index in [4.69, 9.17) is 9.97 Å². The van der Waals surface area contributed by atoms with E-state index in [-0.39, 0.29) is 6.04 Å². The number of carbonyl (C=O) groups is 1. The van der Waals surface area contributed by atoms with Crippen LogP contribution in [0.25, 0.3) is 0 Å². The molecule has 8 nitrogen and oxygen atoms in total. The molecule has 37 heavy (non-hydrogen) atoms. The number of amides is 1. The van der Waals surface area contributed by atoms with E-state index in [0.29, 0.717) is 17.8 Å². The quantitative estimate of drug-likeness (QED) is 0.296. The number of pyridine rings is 1. The number of hydrogen-bond acceptors (Lipinski definition) is 7. The number of benzene rings is 1. The van der Waals surface area contributed by atoms with Crippen molar-refractivity contribution in [2.45, 2.75) is 77.8 Å². The van der Waals surface area contributed by atoms with Gasteiger partial charge in [0.15, 0.2) is 0 Å². The topological polar surface area (TPSA) is 104 Å². The van der Waals surface area contributed by atoms with Crippen LogP contribution in [0.2, 0.25) is 0 Å². The molecular weight excluding hydrogens is 462 g/mol. The molecule has 0 unspecified atom stereocenters. The van der Waals surface area contributed by atoms with Crippen LogP contribution in [0.4, 0.5) is 23.3 Å². The maximum atomic E-state index is 9.50. The number of fused-ring (bicyclic) bond motifs is 1. The number of hydrogen-bond donors (Lipinski definition) is 4. The van der Waals surface area contributed by atoms with Crippen molar-refractivity contribution in [3.8, 4) is 0 Å². The van der Waals surface area contributed by atoms with Crippen molar-refractivity contribution in [2.24, 2.45) is 0 Å². The van der Waals surface area contributed by atoms with Gasteiger partial charge >= 0.3 is 0 Å². The van der Waals surface area contributed by atoms with E-state index in [1.54, 1.807) is 0 Å². The Morgan fingerprint density at radius 1 is 1.11 bits per heavy atom. The van der Waals surface area contributed by atoms with Crippen LogP contribution in [-0.2, 0) is 23.2 Å². The van der Waals surface area contributed by atoms with Gasteiger partial charge in [0.05, 0.1) is 0 Å². The maximum absolute atomic E-state index is 9.50. The molecule has 2 aliphatic rings. The lowest BCUT2D eigenvalue weighted by molar-refractivity contribution is -0.109. The second-order valence-electron chi connectivity index (χ2n) is 10.3. The third-order valence-corrected chi connectivity index (χ3v) is 6.84. The number of aromatic nitrogens is 3. The fourth-order valence-electron chi connectivity index (χ4n) is 4.64. The number of rotatable bonds is 9. The van der Waals surface area contributed by atoms with Crippen LogP contribution >= 0.6 is 0 Å². The van der Waals surface area contributed by atoms with E-state index in [0.717, 1.165) is 42.4 Å². The summed E-state index contributed by atoms with van der Waals surface area (Å²) < 4.78 is 0. The highest BCUT2D eigenvalue weighted by Crippen LogP contribution is 2.51. The first-order valence-corrected chi connectivity index (χ1v) is 13.3. The van der Waals surface area contributed by atoms with Crippen molar-refractivity contribution >= 4 is 29.7 Å². The Morgan fingerprint density at radius 2 is 1.95 bits per heavy atom. The van der Waals surface area contributed by atoms with Crippen LogP contribution in [0, 0.1) is 6.92 Å². The van der Waals surface area contributed by atoms with Crippen LogP contribution in [0.5, 0.6) is 0 Å². The summed E-state index contributed by atoms with van der Waals surface area (Å²) in [5.41, 5.74) is 6.24. The van der Waals surface area contributed by atoms with Crippen molar-refractivity contribution in [1.82, 2.24) is 25.6 Å². The molecule has 1 amide bonds. The third-order valence-electron chi connectivity index (χ3n) is 6.84. The SMILES string of the molecule is CC(C)NC=O.CCCC1(c2cccc(Nc3nc(Nc4ccc5c(c4)CNCC5)ncc3C)n2)CC1. The van der Waals surface area contributed by atoms with E-state index in [9.17, 15) is 4.79 Å². The van der Waals surface area contributed by atoms with Gasteiger partial charge < -0.3 is 21.3 Å². The standard InChI is InChI=1S/C25H30N6.C4H9NO/c1-3-10-25(11-12-25)21-5-4-6-22(29-21)30-23-17(2)15-27-24(31-23)28-20-8-7-18-9-13-26-16-19(18)14-20;1-4(2)5-3-6/h4-8,14-15,26H,3,9-13,16H2,1-2H3,(H2,27,28,29,30,31);3-4H,1-2H3,(H,5,6). The van der Waals surface area contributed by atoms with E-state index in [2.05, 4.69) is 63.5 Å². The molecule has 5 rings (SSSR count). The number of aryl methyl sites for hydroxylation is 1. The Kier molecular flexibility index (Phi) is 8.71. The van der Waals surface area contributed by atoms with Crippen LogP contribution in [-0.4, -0.2) is 33.9 Å². The second-order valence-corrected chi connectivity index (χ2v) is 10.3. The number of anilines is 4. The molecule has 8 heteroatoms. The fraction of sp³-hybridized carbons (Fsp3) is 0.448. The lowest BCUT2D eigenvalue weighted by atomic mass is 9.96. The Morgan fingerprint density at radius 3 is 2.65 bits per heavy atom. The lowest BCUT2D eigenvalue weighted by Crippen LogP contribution is -2.23. The van der Waals surface area contributed by atoms with Crippen LogP contribution < -0.4 is 21.3 Å². The van der Waals surface area contributed by atoms with Crippen LogP contribution in [0.15, 0.2) is 42.6 Å². The average Bonchev–Trinajstić information content (AvgIpc) is 3.68. The molecular formula is C29H39N7O. The summed E-state index contributed by atoms with van der Waals surface area (Å²) >= 11 is 0. The Labute approximate surface area is 220 Å². The predicted octanol–water partition coefficient (Wildman–Crippen LogP) is 5.29. The molecule has 3 aromatic rings.